The second-order valence-corrected chi connectivity index (χ2v) is 4.26. The van der Waals surface area contributed by atoms with Crippen LogP contribution in [0.4, 0.5) is 0 Å². The second kappa shape index (κ2) is 6.06. The molecule has 0 aliphatic heterocycles. The van der Waals surface area contributed by atoms with Gasteiger partial charge in [-0.2, -0.15) is 17.7 Å². The van der Waals surface area contributed by atoms with Crippen molar-refractivity contribution in [3.8, 4) is 0 Å². The van der Waals surface area contributed by atoms with Gasteiger partial charge in [0, 0.05) is 11.2 Å². The zero-order chi connectivity index (χ0) is 10.4. The molecule has 1 aromatic rings. The van der Waals surface area contributed by atoms with Crippen LogP contribution in [0.5, 0.6) is 0 Å². The molecule has 0 aromatic carbocycles. The zero-order valence-electron chi connectivity index (χ0n) is 8.90. The van der Waals surface area contributed by atoms with Gasteiger partial charge < -0.3 is 0 Å². The Bertz CT molecular complexity index is 236. The van der Waals surface area contributed by atoms with Crippen LogP contribution in [0.25, 0.3) is 0 Å². The number of hydrogen-bond acceptors (Lipinski definition) is 3. The lowest BCUT2D eigenvalue weighted by atomic mass is 9.97. The molecule has 14 heavy (non-hydrogen) atoms. The molecule has 1 N–H and O–H groups in total. The highest BCUT2D eigenvalue weighted by molar-refractivity contribution is 7.81. The molecule has 0 saturated heterocycles. The lowest BCUT2D eigenvalue weighted by molar-refractivity contribution is 0.549. The van der Waals surface area contributed by atoms with Gasteiger partial charge in [-0.25, -0.2) is 4.98 Å². The van der Waals surface area contributed by atoms with E-state index in [0.717, 1.165) is 18.7 Å². The van der Waals surface area contributed by atoms with Crippen molar-refractivity contribution in [2.45, 2.75) is 50.7 Å². The van der Waals surface area contributed by atoms with Crippen molar-refractivity contribution in [1.29, 1.82) is 0 Å². The van der Waals surface area contributed by atoms with E-state index in [1.165, 1.54) is 12.8 Å². The van der Waals surface area contributed by atoms with E-state index in [-0.39, 0.29) is 0 Å². The minimum Gasteiger partial charge on any atom is -0.263 e. The SMILES string of the molecule is CCCCC(S)C(CC)c1ncn[nH]1. The molecule has 0 amide bonds. The summed E-state index contributed by atoms with van der Waals surface area (Å²) in [5, 5.41) is 7.22. The Balaban J connectivity index is 2.53. The standard InChI is InChI=1S/C10H19N3S/c1-3-5-6-9(14)8(4-2)10-11-7-12-13-10/h7-9,14H,3-6H2,1-2H3,(H,11,12,13). The summed E-state index contributed by atoms with van der Waals surface area (Å²) >= 11 is 4.64. The van der Waals surface area contributed by atoms with Crippen molar-refractivity contribution in [3.63, 3.8) is 0 Å². The van der Waals surface area contributed by atoms with E-state index in [4.69, 9.17) is 0 Å². The minimum absolute atomic E-state index is 0.396. The first kappa shape index (κ1) is 11.6. The van der Waals surface area contributed by atoms with Gasteiger partial charge in [0.1, 0.15) is 12.2 Å². The Hall–Kier alpha value is -0.510. The van der Waals surface area contributed by atoms with Gasteiger partial charge in [0.15, 0.2) is 0 Å². The highest BCUT2D eigenvalue weighted by atomic mass is 32.1. The zero-order valence-corrected chi connectivity index (χ0v) is 9.80. The number of rotatable bonds is 6. The predicted molar refractivity (Wildman–Crippen MR) is 61.7 cm³/mol. The van der Waals surface area contributed by atoms with Gasteiger partial charge in [-0.1, -0.05) is 26.7 Å². The molecule has 0 bridgehead atoms. The molecule has 3 nitrogen and oxygen atoms in total. The van der Waals surface area contributed by atoms with Gasteiger partial charge in [0.25, 0.3) is 0 Å². The van der Waals surface area contributed by atoms with Crippen molar-refractivity contribution in [2.24, 2.45) is 0 Å². The van der Waals surface area contributed by atoms with Crippen molar-refractivity contribution in [3.05, 3.63) is 12.2 Å². The molecule has 0 spiro atoms. The molecule has 1 heterocycles. The molecule has 1 aromatic heterocycles. The minimum atomic E-state index is 0.396. The summed E-state index contributed by atoms with van der Waals surface area (Å²) in [5.74, 6) is 1.39. The molecular formula is C10H19N3S. The number of nitrogens with zero attached hydrogens (tertiary/aromatic N) is 2. The van der Waals surface area contributed by atoms with Crippen molar-refractivity contribution >= 4 is 12.6 Å². The van der Waals surface area contributed by atoms with Crippen molar-refractivity contribution in [1.82, 2.24) is 15.2 Å². The van der Waals surface area contributed by atoms with Crippen LogP contribution in [0.2, 0.25) is 0 Å². The van der Waals surface area contributed by atoms with E-state index >= 15 is 0 Å². The van der Waals surface area contributed by atoms with Gasteiger partial charge >= 0.3 is 0 Å². The summed E-state index contributed by atoms with van der Waals surface area (Å²) < 4.78 is 0. The molecule has 80 valence electrons. The highest BCUT2D eigenvalue weighted by Gasteiger charge is 2.20. The third-order valence-electron chi connectivity index (χ3n) is 2.54. The number of aromatic nitrogens is 3. The summed E-state index contributed by atoms with van der Waals surface area (Å²) in [5.41, 5.74) is 0. The lowest BCUT2D eigenvalue weighted by Gasteiger charge is -2.19. The third-order valence-corrected chi connectivity index (χ3v) is 3.16. The average Bonchev–Trinajstić information content (AvgIpc) is 2.69. The third kappa shape index (κ3) is 3.01. The Kier molecular flexibility index (Phi) is 5.01. The molecule has 4 heteroatoms. The van der Waals surface area contributed by atoms with Crippen LogP contribution in [-0.4, -0.2) is 20.4 Å². The maximum Gasteiger partial charge on any atom is 0.137 e. The van der Waals surface area contributed by atoms with Crippen molar-refractivity contribution < 1.29 is 0 Å². The Morgan fingerprint density at radius 2 is 2.29 bits per heavy atom. The Morgan fingerprint density at radius 1 is 1.50 bits per heavy atom. The van der Waals surface area contributed by atoms with Crippen LogP contribution in [-0.2, 0) is 0 Å². The normalized spacial score (nSPS) is 15.4. The van der Waals surface area contributed by atoms with Gasteiger partial charge in [-0.3, -0.25) is 5.10 Å². The molecular weight excluding hydrogens is 194 g/mol. The van der Waals surface area contributed by atoms with E-state index in [1.807, 2.05) is 0 Å². The van der Waals surface area contributed by atoms with Gasteiger partial charge in [-0.15, -0.1) is 0 Å². The summed E-state index contributed by atoms with van der Waals surface area (Å²) in [6.45, 7) is 4.37. The van der Waals surface area contributed by atoms with E-state index in [2.05, 4.69) is 41.7 Å². The number of nitrogens with one attached hydrogen (secondary N) is 1. The van der Waals surface area contributed by atoms with Crippen LogP contribution in [0.3, 0.4) is 0 Å². The highest BCUT2D eigenvalue weighted by Crippen LogP contribution is 2.27. The van der Waals surface area contributed by atoms with E-state index in [9.17, 15) is 0 Å². The van der Waals surface area contributed by atoms with Crippen LogP contribution < -0.4 is 0 Å². The number of thiol groups is 1. The lowest BCUT2D eigenvalue weighted by Crippen LogP contribution is -2.14. The fourth-order valence-corrected chi connectivity index (χ4v) is 2.19. The number of hydrogen-bond donors (Lipinski definition) is 2. The maximum atomic E-state index is 4.64. The molecule has 0 aliphatic carbocycles. The fourth-order valence-electron chi connectivity index (χ4n) is 1.66. The molecule has 0 aliphatic rings. The van der Waals surface area contributed by atoms with Gasteiger partial charge in [-0.05, 0) is 12.8 Å². The number of unbranched alkanes of at least 4 members (excludes halogenated alkanes) is 1. The van der Waals surface area contributed by atoms with Crippen LogP contribution in [0.15, 0.2) is 6.33 Å². The summed E-state index contributed by atoms with van der Waals surface area (Å²) in [6, 6.07) is 0. The predicted octanol–water partition coefficient (Wildman–Crippen LogP) is 2.79. The quantitative estimate of drug-likeness (QED) is 0.713. The van der Waals surface area contributed by atoms with Gasteiger partial charge in [0.05, 0.1) is 0 Å². The van der Waals surface area contributed by atoms with E-state index < -0.39 is 0 Å². The number of aromatic amines is 1. The topological polar surface area (TPSA) is 41.6 Å². The first-order chi connectivity index (χ1) is 6.79. The molecule has 0 saturated carbocycles. The molecule has 0 fully saturated rings. The Labute approximate surface area is 91.1 Å². The second-order valence-electron chi connectivity index (χ2n) is 3.60. The number of H-pyrrole nitrogens is 1. The Morgan fingerprint density at radius 3 is 2.79 bits per heavy atom. The van der Waals surface area contributed by atoms with Crippen molar-refractivity contribution in [2.75, 3.05) is 0 Å². The summed E-state index contributed by atoms with van der Waals surface area (Å²) in [4.78, 5) is 4.20. The van der Waals surface area contributed by atoms with E-state index in [1.54, 1.807) is 6.33 Å². The molecule has 2 unspecified atom stereocenters. The average molecular weight is 213 g/mol. The molecule has 1 rings (SSSR count). The first-order valence-electron chi connectivity index (χ1n) is 5.32. The first-order valence-corrected chi connectivity index (χ1v) is 5.84. The van der Waals surface area contributed by atoms with E-state index in [0.29, 0.717) is 11.2 Å². The van der Waals surface area contributed by atoms with Crippen LogP contribution in [0, 0.1) is 0 Å². The largest absolute Gasteiger partial charge is 0.263 e. The monoisotopic (exact) mass is 213 g/mol. The molecule has 0 radical (unpaired) electrons. The van der Waals surface area contributed by atoms with Crippen LogP contribution in [0.1, 0.15) is 51.3 Å². The maximum absolute atomic E-state index is 4.64. The van der Waals surface area contributed by atoms with Gasteiger partial charge in [0.2, 0.25) is 0 Å². The van der Waals surface area contributed by atoms with Crippen LogP contribution >= 0.6 is 12.6 Å². The summed E-state index contributed by atoms with van der Waals surface area (Å²) in [6.07, 6.45) is 6.24. The fraction of sp³-hybridized carbons (Fsp3) is 0.800. The molecule has 2 atom stereocenters. The smallest absolute Gasteiger partial charge is 0.137 e. The summed E-state index contributed by atoms with van der Waals surface area (Å²) in [7, 11) is 0.